The second-order valence-corrected chi connectivity index (χ2v) is 14.3. The van der Waals surface area contributed by atoms with Crippen LogP contribution in [0.4, 0.5) is 0 Å². The van der Waals surface area contributed by atoms with E-state index in [1.54, 1.807) is 27.7 Å². The summed E-state index contributed by atoms with van der Waals surface area (Å²) in [5.41, 5.74) is 5.23. The number of ether oxygens (including phenoxy) is 8. The molecule has 4 bridgehead atoms. The number of esters is 2. The number of hydrogen-bond acceptors (Lipinski definition) is 10. The lowest BCUT2D eigenvalue weighted by Crippen LogP contribution is -2.28. The second-order valence-electron chi connectivity index (χ2n) is 14.3. The van der Waals surface area contributed by atoms with Gasteiger partial charge in [0.25, 0.3) is 0 Å². The summed E-state index contributed by atoms with van der Waals surface area (Å²) in [4.78, 5) is 23.4. The Labute approximate surface area is 303 Å². The number of fused-ring (bicyclic) bond motifs is 5. The molecule has 8 unspecified atom stereocenters. The number of carbonyl (C=O) groups excluding carboxylic acids is 2. The molecule has 4 aliphatic carbocycles. The Balaban J connectivity index is 1.22. The van der Waals surface area contributed by atoms with Crippen LogP contribution in [0.3, 0.4) is 0 Å². The van der Waals surface area contributed by atoms with Gasteiger partial charge in [-0.05, 0) is 78.7 Å². The lowest BCUT2D eigenvalue weighted by molar-refractivity contribution is -0.149. The van der Waals surface area contributed by atoms with Crippen LogP contribution in [-0.4, -0.2) is 88.2 Å². The van der Waals surface area contributed by atoms with Crippen molar-refractivity contribution in [1.29, 1.82) is 0 Å². The third kappa shape index (κ3) is 10.2. The Morgan fingerprint density at radius 1 is 0.627 bits per heavy atom. The van der Waals surface area contributed by atoms with Crippen molar-refractivity contribution >= 4 is 11.9 Å². The van der Waals surface area contributed by atoms with Crippen LogP contribution in [0.5, 0.6) is 0 Å². The van der Waals surface area contributed by atoms with Crippen LogP contribution in [0.1, 0.15) is 62.3 Å². The van der Waals surface area contributed by atoms with Crippen LogP contribution >= 0.6 is 0 Å². The van der Waals surface area contributed by atoms with Crippen molar-refractivity contribution < 1.29 is 47.5 Å². The molecule has 4 aliphatic rings. The fourth-order valence-electron chi connectivity index (χ4n) is 6.23. The molecular weight excluding hydrogens is 652 g/mol. The molecule has 0 saturated heterocycles. The van der Waals surface area contributed by atoms with Gasteiger partial charge in [0.1, 0.15) is 36.9 Å². The minimum atomic E-state index is -0.421. The summed E-state index contributed by atoms with van der Waals surface area (Å²) >= 11 is 0. The summed E-state index contributed by atoms with van der Waals surface area (Å²) in [6.45, 7) is 26.2. The Kier molecular flexibility index (Phi) is 13.9. The van der Waals surface area contributed by atoms with Crippen molar-refractivity contribution in [3.05, 3.63) is 94.6 Å². The zero-order valence-corrected chi connectivity index (χ0v) is 31.7. The van der Waals surface area contributed by atoms with Crippen LogP contribution in [-0.2, 0) is 47.5 Å². The molecule has 0 aromatic rings. The predicted octanol–water partition coefficient (Wildman–Crippen LogP) is 6.81. The maximum absolute atomic E-state index is 11.7. The lowest BCUT2D eigenvalue weighted by Gasteiger charge is -2.32. The van der Waals surface area contributed by atoms with Crippen LogP contribution in [0.2, 0.25) is 0 Å². The van der Waals surface area contributed by atoms with Gasteiger partial charge in [0.2, 0.25) is 0 Å². The molecule has 0 amide bonds. The fraction of sp³-hybridized carbons (Fsp3) is 0.561. The van der Waals surface area contributed by atoms with Gasteiger partial charge in [-0.15, -0.1) is 0 Å². The molecule has 0 aliphatic heterocycles. The van der Waals surface area contributed by atoms with E-state index in [2.05, 4.69) is 56.5 Å². The first-order valence-corrected chi connectivity index (χ1v) is 17.8. The summed E-state index contributed by atoms with van der Waals surface area (Å²) in [5, 5.41) is 0. The molecule has 0 saturated carbocycles. The van der Waals surface area contributed by atoms with Gasteiger partial charge in [-0.1, -0.05) is 44.4 Å². The largest absolute Gasteiger partial charge is 0.491 e. The van der Waals surface area contributed by atoms with Crippen molar-refractivity contribution in [3.63, 3.8) is 0 Å². The Hall–Kier alpha value is -3.70. The van der Waals surface area contributed by atoms with Crippen molar-refractivity contribution in [2.45, 2.75) is 98.9 Å². The van der Waals surface area contributed by atoms with Gasteiger partial charge in [0.15, 0.2) is 0 Å². The molecule has 0 aromatic heterocycles. The lowest BCUT2D eigenvalue weighted by atomic mass is 9.69. The SMILES string of the molecule is C=C(C)C(=O)OC(C)COC(C)COC(C)COC1=C2C=CC(=C1)C2C1(C)C2=CC(OCC(C)OCC(C)OCC(C)OC(=O)C(=C)C)=C1C=C2. The molecule has 0 heterocycles. The van der Waals surface area contributed by atoms with Gasteiger partial charge < -0.3 is 37.9 Å². The topological polar surface area (TPSA) is 108 Å². The van der Waals surface area contributed by atoms with Crippen molar-refractivity contribution in [1.82, 2.24) is 0 Å². The van der Waals surface area contributed by atoms with Gasteiger partial charge >= 0.3 is 11.9 Å². The van der Waals surface area contributed by atoms with E-state index >= 15 is 0 Å². The minimum Gasteiger partial charge on any atom is -0.491 e. The smallest absolute Gasteiger partial charge is 0.333 e. The summed E-state index contributed by atoms with van der Waals surface area (Å²) in [6.07, 6.45) is 11.6. The van der Waals surface area contributed by atoms with E-state index in [1.807, 2.05) is 27.7 Å². The average molecular weight is 709 g/mol. The van der Waals surface area contributed by atoms with Gasteiger partial charge in [-0.3, -0.25) is 0 Å². The van der Waals surface area contributed by atoms with Crippen LogP contribution in [0.25, 0.3) is 0 Å². The normalized spacial score (nSPS) is 23.4. The first-order valence-electron chi connectivity index (χ1n) is 17.8. The fourth-order valence-corrected chi connectivity index (χ4v) is 6.23. The molecule has 10 nitrogen and oxygen atoms in total. The number of allylic oxidation sites excluding steroid dienone is 10. The van der Waals surface area contributed by atoms with E-state index in [-0.39, 0.29) is 61.2 Å². The predicted molar refractivity (Wildman–Crippen MR) is 194 cm³/mol. The average Bonchev–Trinajstić information content (AvgIpc) is 3.82. The third-order valence-corrected chi connectivity index (χ3v) is 9.12. The van der Waals surface area contributed by atoms with Crippen LogP contribution < -0.4 is 0 Å². The van der Waals surface area contributed by atoms with E-state index < -0.39 is 11.9 Å². The van der Waals surface area contributed by atoms with Crippen LogP contribution in [0, 0.1) is 11.3 Å². The highest BCUT2D eigenvalue weighted by atomic mass is 16.6. The van der Waals surface area contributed by atoms with Crippen LogP contribution in [0.15, 0.2) is 94.6 Å². The Bertz CT molecular complexity index is 1530. The quantitative estimate of drug-likeness (QED) is 0.0831. The number of rotatable bonds is 23. The molecule has 4 rings (SSSR count). The molecule has 10 heteroatoms. The van der Waals surface area contributed by atoms with Crippen molar-refractivity contribution in [3.8, 4) is 0 Å². The number of carbonyl (C=O) groups is 2. The van der Waals surface area contributed by atoms with E-state index in [4.69, 9.17) is 37.9 Å². The molecule has 0 radical (unpaired) electrons. The monoisotopic (exact) mass is 708 g/mol. The highest BCUT2D eigenvalue weighted by Gasteiger charge is 2.52. The summed E-state index contributed by atoms with van der Waals surface area (Å²) in [6, 6.07) is 0. The molecule has 280 valence electrons. The maximum atomic E-state index is 11.7. The highest BCUT2D eigenvalue weighted by Crippen LogP contribution is 2.61. The third-order valence-electron chi connectivity index (χ3n) is 9.12. The molecule has 8 atom stereocenters. The Morgan fingerprint density at radius 2 is 1.08 bits per heavy atom. The maximum Gasteiger partial charge on any atom is 0.333 e. The van der Waals surface area contributed by atoms with E-state index in [9.17, 15) is 9.59 Å². The van der Waals surface area contributed by atoms with E-state index in [1.165, 1.54) is 11.1 Å². The van der Waals surface area contributed by atoms with Gasteiger partial charge in [-0.2, -0.15) is 0 Å². The van der Waals surface area contributed by atoms with Gasteiger partial charge in [-0.25, -0.2) is 9.59 Å². The molecule has 0 spiro atoms. The molecule has 0 aromatic carbocycles. The summed E-state index contributed by atoms with van der Waals surface area (Å²) in [7, 11) is 0. The first-order chi connectivity index (χ1) is 24.1. The highest BCUT2D eigenvalue weighted by molar-refractivity contribution is 5.87. The van der Waals surface area contributed by atoms with Gasteiger partial charge in [0.05, 0.1) is 50.8 Å². The standard InChI is InChI=1S/C41H56O10/c1-24(2)39(42)50-30(9)22-46-26(5)18-44-28(7)20-48-36-16-32-12-14-34(36)38(32)41(11)33-13-15-35(41)37(17-33)49-21-29(8)45-19-27(6)47-23-31(10)51-40(43)25(3)4/h12-17,26-31,38H,1,3,18-23H2,2,4-11H3. The molecular formula is C41H56O10. The molecule has 0 fully saturated rings. The van der Waals surface area contributed by atoms with E-state index in [0.717, 1.165) is 22.7 Å². The second kappa shape index (κ2) is 17.7. The zero-order valence-electron chi connectivity index (χ0n) is 31.7. The number of hydrogen-bond donors (Lipinski definition) is 0. The summed E-state index contributed by atoms with van der Waals surface area (Å²) in [5.74, 6) is 1.05. The molecule has 51 heavy (non-hydrogen) atoms. The van der Waals surface area contributed by atoms with Gasteiger partial charge in [0, 0.05) is 33.6 Å². The Morgan fingerprint density at radius 3 is 1.57 bits per heavy atom. The first kappa shape index (κ1) is 40.1. The molecule has 0 N–H and O–H groups in total. The zero-order chi connectivity index (χ0) is 37.5. The van der Waals surface area contributed by atoms with Crippen molar-refractivity contribution in [2.75, 3.05) is 39.6 Å². The van der Waals surface area contributed by atoms with E-state index in [0.29, 0.717) is 37.6 Å². The van der Waals surface area contributed by atoms with Crippen molar-refractivity contribution in [2.24, 2.45) is 11.3 Å². The summed E-state index contributed by atoms with van der Waals surface area (Å²) < 4.78 is 46.8. The minimum absolute atomic E-state index is 0.138.